The van der Waals surface area contributed by atoms with Gasteiger partial charge in [0.05, 0.1) is 12.1 Å². The van der Waals surface area contributed by atoms with Crippen LogP contribution < -0.4 is 0 Å². The van der Waals surface area contributed by atoms with Crippen LogP contribution in [0.4, 0.5) is 0 Å². The highest BCUT2D eigenvalue weighted by atomic mass is 16.4. The largest absolute Gasteiger partial charge is 0.481 e. The maximum Gasteiger partial charge on any atom is 0.303 e. The van der Waals surface area contributed by atoms with E-state index in [4.69, 9.17) is 5.11 Å². The van der Waals surface area contributed by atoms with Gasteiger partial charge in [-0.3, -0.25) is 9.59 Å². The van der Waals surface area contributed by atoms with Crippen LogP contribution in [-0.4, -0.2) is 39.6 Å². The summed E-state index contributed by atoms with van der Waals surface area (Å²) in [6, 6.07) is 14.3. The highest BCUT2D eigenvalue weighted by Crippen LogP contribution is 2.32. The fourth-order valence-electron chi connectivity index (χ4n) is 4.73. The molecule has 3 rings (SSSR count). The molecule has 0 aliphatic carbocycles. The normalized spacial score (nSPS) is 17.1. The molecule has 2 atom stereocenters. The summed E-state index contributed by atoms with van der Waals surface area (Å²) in [5.41, 5.74) is 5.42. The third-order valence-corrected chi connectivity index (χ3v) is 6.53. The molecular weight excluding hydrogens is 414 g/mol. The number of nitrogens with zero attached hydrogens (tertiary/aromatic N) is 1. The van der Waals surface area contributed by atoms with Crippen LogP contribution in [0.15, 0.2) is 54.6 Å². The number of hydrogen-bond acceptors (Lipinski definition) is 3. The van der Waals surface area contributed by atoms with Gasteiger partial charge in [0, 0.05) is 19.4 Å². The third-order valence-electron chi connectivity index (χ3n) is 6.53. The molecule has 33 heavy (non-hydrogen) atoms. The summed E-state index contributed by atoms with van der Waals surface area (Å²) in [5, 5.41) is 19.7. The molecule has 1 aliphatic heterocycles. The van der Waals surface area contributed by atoms with Crippen molar-refractivity contribution in [2.75, 3.05) is 6.54 Å². The van der Waals surface area contributed by atoms with E-state index in [1.54, 1.807) is 0 Å². The van der Waals surface area contributed by atoms with Crippen LogP contribution in [0.25, 0.3) is 11.1 Å². The van der Waals surface area contributed by atoms with Gasteiger partial charge >= 0.3 is 5.97 Å². The Hall–Kier alpha value is -2.92. The molecule has 1 saturated heterocycles. The van der Waals surface area contributed by atoms with Crippen LogP contribution in [0.2, 0.25) is 0 Å². The summed E-state index contributed by atoms with van der Waals surface area (Å²) < 4.78 is 0. The van der Waals surface area contributed by atoms with Gasteiger partial charge in [0.1, 0.15) is 0 Å². The number of carbonyl (C=O) groups excluding carboxylic acids is 1. The number of aliphatic hydroxyl groups is 1. The van der Waals surface area contributed by atoms with Crippen molar-refractivity contribution in [1.82, 2.24) is 4.90 Å². The molecule has 1 unspecified atom stereocenters. The monoisotopic (exact) mass is 449 g/mol. The molecule has 0 bridgehead atoms. The predicted molar refractivity (Wildman–Crippen MR) is 131 cm³/mol. The lowest BCUT2D eigenvalue weighted by Crippen LogP contribution is -2.32. The van der Waals surface area contributed by atoms with E-state index in [2.05, 4.69) is 32.0 Å². The number of rotatable bonds is 11. The van der Waals surface area contributed by atoms with E-state index < -0.39 is 12.1 Å². The molecule has 0 saturated carbocycles. The smallest absolute Gasteiger partial charge is 0.303 e. The van der Waals surface area contributed by atoms with Gasteiger partial charge in [-0.2, -0.15) is 0 Å². The standard InChI is InChI=1S/C28H35NO4/c1-20-13-16-24(21(2)28(20)22-10-6-5-7-11-22)25(30)17-14-23-15-18-26(31)29(23)19-9-4-3-8-12-27(32)33/h5-7,10-11,13-14,16-17,23,25,30H,3-4,8-9,12,15,18-19H2,1-2H3,(H,32,33)/b17-14+/t23?,25-/m1/s1. The zero-order valence-electron chi connectivity index (χ0n) is 19.7. The molecule has 1 aliphatic rings. The van der Waals surface area contributed by atoms with Gasteiger partial charge in [0.15, 0.2) is 0 Å². The number of hydrogen-bond donors (Lipinski definition) is 2. The Balaban J connectivity index is 1.64. The SMILES string of the molecule is Cc1ccc([C@H](O)/C=C/C2CCC(=O)N2CCCCCCC(=O)O)c(C)c1-c1ccccc1. The fourth-order valence-corrected chi connectivity index (χ4v) is 4.73. The van der Waals surface area contributed by atoms with E-state index in [1.807, 2.05) is 41.3 Å². The first-order valence-corrected chi connectivity index (χ1v) is 11.9. The maximum atomic E-state index is 12.4. The predicted octanol–water partition coefficient (Wildman–Crippen LogP) is 5.59. The Morgan fingerprint density at radius 3 is 2.55 bits per heavy atom. The summed E-state index contributed by atoms with van der Waals surface area (Å²) in [4.78, 5) is 24.9. The summed E-state index contributed by atoms with van der Waals surface area (Å²) in [7, 11) is 0. The first-order valence-electron chi connectivity index (χ1n) is 11.9. The van der Waals surface area contributed by atoms with Crippen LogP contribution in [0.5, 0.6) is 0 Å². The van der Waals surface area contributed by atoms with Gasteiger partial charge in [-0.1, -0.05) is 67.5 Å². The maximum absolute atomic E-state index is 12.4. The molecule has 0 aromatic heterocycles. The zero-order chi connectivity index (χ0) is 23.8. The summed E-state index contributed by atoms with van der Waals surface area (Å²) in [5.74, 6) is -0.601. The van der Waals surface area contributed by atoms with Crippen molar-refractivity contribution >= 4 is 11.9 Å². The molecule has 5 heteroatoms. The zero-order valence-corrected chi connectivity index (χ0v) is 19.7. The Bertz CT molecular complexity index is 983. The number of aliphatic carboxylic acids is 1. The van der Waals surface area contributed by atoms with Gasteiger partial charge in [-0.15, -0.1) is 0 Å². The summed E-state index contributed by atoms with van der Waals surface area (Å²) >= 11 is 0. The fraction of sp³-hybridized carbons (Fsp3) is 0.429. The lowest BCUT2D eigenvalue weighted by atomic mass is 9.90. The lowest BCUT2D eigenvalue weighted by molar-refractivity contribution is -0.137. The second-order valence-electron chi connectivity index (χ2n) is 8.92. The van der Waals surface area contributed by atoms with Crippen LogP contribution in [0.1, 0.15) is 67.7 Å². The van der Waals surface area contributed by atoms with Gasteiger partial charge in [0.25, 0.3) is 0 Å². The topological polar surface area (TPSA) is 77.8 Å². The molecule has 2 aromatic rings. The van der Waals surface area contributed by atoms with Crippen molar-refractivity contribution in [2.24, 2.45) is 0 Å². The van der Waals surface area contributed by atoms with Crippen molar-refractivity contribution in [3.05, 3.63) is 71.3 Å². The van der Waals surface area contributed by atoms with Crippen LogP contribution in [0, 0.1) is 13.8 Å². The van der Waals surface area contributed by atoms with Crippen LogP contribution in [-0.2, 0) is 9.59 Å². The number of carboxylic acids is 1. The number of aliphatic hydroxyl groups excluding tert-OH is 1. The van der Waals surface area contributed by atoms with Crippen molar-refractivity contribution in [3.63, 3.8) is 0 Å². The number of carboxylic acid groups (broad SMARTS) is 1. The molecule has 2 aromatic carbocycles. The number of amides is 1. The minimum absolute atomic E-state index is 0.00511. The quantitative estimate of drug-likeness (QED) is 0.346. The van der Waals surface area contributed by atoms with Crippen molar-refractivity contribution in [3.8, 4) is 11.1 Å². The van der Waals surface area contributed by atoms with E-state index in [-0.39, 0.29) is 18.4 Å². The molecule has 176 valence electrons. The average molecular weight is 450 g/mol. The molecule has 1 heterocycles. The molecule has 5 nitrogen and oxygen atoms in total. The van der Waals surface area contributed by atoms with E-state index in [0.717, 1.165) is 47.9 Å². The Morgan fingerprint density at radius 2 is 1.82 bits per heavy atom. The summed E-state index contributed by atoms with van der Waals surface area (Å²) in [6.45, 7) is 4.82. The molecule has 1 amide bonds. The first-order chi connectivity index (χ1) is 15.9. The van der Waals surface area contributed by atoms with Crippen LogP contribution >= 0.6 is 0 Å². The van der Waals surface area contributed by atoms with Crippen molar-refractivity contribution in [2.45, 2.75) is 70.9 Å². The van der Waals surface area contributed by atoms with Crippen molar-refractivity contribution in [1.29, 1.82) is 0 Å². The number of carbonyl (C=O) groups is 2. The number of benzene rings is 2. The number of unbranched alkanes of at least 4 members (excludes halogenated alkanes) is 3. The lowest BCUT2D eigenvalue weighted by Gasteiger charge is -2.23. The number of aryl methyl sites for hydroxylation is 1. The van der Waals surface area contributed by atoms with Gasteiger partial charge in [-0.05, 0) is 60.9 Å². The minimum Gasteiger partial charge on any atom is -0.481 e. The molecule has 0 radical (unpaired) electrons. The summed E-state index contributed by atoms with van der Waals surface area (Å²) in [6.07, 6.45) is 7.89. The first kappa shape index (κ1) is 24.7. The highest BCUT2D eigenvalue weighted by molar-refractivity contribution is 5.79. The van der Waals surface area contributed by atoms with Gasteiger partial charge in [-0.25, -0.2) is 0 Å². The number of likely N-dealkylation sites (tertiary alicyclic amines) is 1. The third kappa shape index (κ3) is 6.55. The van der Waals surface area contributed by atoms with Crippen LogP contribution in [0.3, 0.4) is 0 Å². The Labute approximate surface area is 196 Å². The van der Waals surface area contributed by atoms with Gasteiger partial charge < -0.3 is 15.1 Å². The second-order valence-corrected chi connectivity index (χ2v) is 8.92. The van der Waals surface area contributed by atoms with E-state index in [1.165, 1.54) is 5.56 Å². The second kappa shape index (κ2) is 11.8. The van der Waals surface area contributed by atoms with E-state index >= 15 is 0 Å². The van der Waals surface area contributed by atoms with E-state index in [9.17, 15) is 14.7 Å². The van der Waals surface area contributed by atoms with E-state index in [0.29, 0.717) is 19.4 Å². The average Bonchev–Trinajstić information content (AvgIpc) is 3.14. The van der Waals surface area contributed by atoms with Crippen molar-refractivity contribution < 1.29 is 19.8 Å². The molecule has 1 fully saturated rings. The molecular formula is C28H35NO4. The Morgan fingerprint density at radius 1 is 1.09 bits per heavy atom. The molecule has 0 spiro atoms. The minimum atomic E-state index is -0.756. The highest BCUT2D eigenvalue weighted by Gasteiger charge is 2.28. The molecule has 2 N–H and O–H groups in total. The Kier molecular flexibility index (Phi) is 8.84. The van der Waals surface area contributed by atoms with Gasteiger partial charge in [0.2, 0.25) is 5.91 Å².